The van der Waals surface area contributed by atoms with Gasteiger partial charge in [-0.3, -0.25) is 9.10 Å². The van der Waals surface area contributed by atoms with Crippen LogP contribution in [0.5, 0.6) is 0 Å². The van der Waals surface area contributed by atoms with Crippen LogP contribution >= 0.6 is 11.6 Å². The lowest BCUT2D eigenvalue weighted by atomic mass is 10.1. The second kappa shape index (κ2) is 7.89. The monoisotopic (exact) mass is 380 g/mol. The molecule has 0 aromatic heterocycles. The largest absolute Gasteiger partial charge is 0.337 e. The lowest BCUT2D eigenvalue weighted by molar-refractivity contribution is 0.0785. The van der Waals surface area contributed by atoms with Crippen LogP contribution in [-0.4, -0.2) is 39.1 Å². The Morgan fingerprint density at radius 3 is 2.08 bits per heavy atom. The number of sulfonamides is 1. The number of anilines is 1. The van der Waals surface area contributed by atoms with Crippen molar-refractivity contribution >= 4 is 33.2 Å². The van der Waals surface area contributed by atoms with E-state index in [0.717, 1.165) is 5.56 Å². The third kappa shape index (κ3) is 4.74. The zero-order chi connectivity index (χ0) is 18.6. The van der Waals surface area contributed by atoms with Gasteiger partial charge in [-0.25, -0.2) is 8.42 Å². The van der Waals surface area contributed by atoms with Crippen molar-refractivity contribution in [2.75, 3.05) is 24.2 Å². The van der Waals surface area contributed by atoms with Crippen LogP contribution in [0.25, 0.3) is 0 Å². The number of amides is 1. The molecule has 0 saturated carbocycles. The summed E-state index contributed by atoms with van der Waals surface area (Å²) in [4.78, 5) is 14.1. The van der Waals surface area contributed by atoms with Gasteiger partial charge in [-0.15, -0.1) is 0 Å². The summed E-state index contributed by atoms with van der Waals surface area (Å²) in [5.74, 6) is -0.115. The van der Waals surface area contributed by atoms with Crippen molar-refractivity contribution in [1.82, 2.24) is 4.90 Å². The fourth-order valence-electron chi connectivity index (χ4n) is 2.32. The zero-order valence-corrected chi connectivity index (χ0v) is 16.0. The van der Waals surface area contributed by atoms with Crippen molar-refractivity contribution in [2.24, 2.45) is 0 Å². The van der Waals surface area contributed by atoms with Crippen LogP contribution in [0.2, 0.25) is 5.02 Å². The molecule has 0 heterocycles. The summed E-state index contributed by atoms with van der Waals surface area (Å²) in [5, 5.41) is 0.652. The second-order valence-electron chi connectivity index (χ2n) is 5.70. The number of rotatable bonds is 6. The Morgan fingerprint density at radius 2 is 1.56 bits per heavy atom. The zero-order valence-electron chi connectivity index (χ0n) is 14.4. The summed E-state index contributed by atoms with van der Waals surface area (Å²) in [6.45, 7) is 2.05. The van der Waals surface area contributed by atoms with E-state index in [2.05, 4.69) is 0 Å². The fraction of sp³-hybridized carbons (Fsp3) is 0.278. The number of hydrogen-bond donors (Lipinski definition) is 0. The standard InChI is InChI=1S/C18H21ClN2O3S/c1-4-25(23,24)21(3)17-11-7-15(8-12-17)18(22)20(2)13-14-5-9-16(19)10-6-14/h5-12H,4,13H2,1-3H3. The summed E-state index contributed by atoms with van der Waals surface area (Å²) in [7, 11) is -0.0947. The van der Waals surface area contributed by atoms with Gasteiger partial charge in [0.25, 0.3) is 5.91 Å². The molecule has 0 fully saturated rings. The van der Waals surface area contributed by atoms with Gasteiger partial charge >= 0.3 is 0 Å². The molecule has 0 N–H and O–H groups in total. The van der Waals surface area contributed by atoms with Gasteiger partial charge in [0.05, 0.1) is 11.4 Å². The lowest BCUT2D eigenvalue weighted by Gasteiger charge is -2.20. The van der Waals surface area contributed by atoms with Gasteiger partial charge in [-0.2, -0.15) is 0 Å². The third-order valence-electron chi connectivity index (χ3n) is 3.94. The molecule has 0 atom stereocenters. The highest BCUT2D eigenvalue weighted by atomic mass is 35.5. The molecule has 0 radical (unpaired) electrons. The Hall–Kier alpha value is -2.05. The Kier molecular flexibility index (Phi) is 6.08. The van der Waals surface area contributed by atoms with E-state index in [1.54, 1.807) is 55.3 Å². The molecule has 0 bridgehead atoms. The molecule has 0 aliphatic carbocycles. The number of halogens is 1. The predicted molar refractivity (Wildman–Crippen MR) is 102 cm³/mol. The van der Waals surface area contributed by atoms with Crippen molar-refractivity contribution in [3.63, 3.8) is 0 Å². The van der Waals surface area contributed by atoms with Crippen molar-refractivity contribution in [1.29, 1.82) is 0 Å². The van der Waals surface area contributed by atoms with E-state index in [0.29, 0.717) is 22.8 Å². The number of carbonyl (C=O) groups is 1. The van der Waals surface area contributed by atoms with Gasteiger partial charge in [-0.05, 0) is 48.9 Å². The molecule has 0 aliphatic rings. The first-order valence-electron chi connectivity index (χ1n) is 7.81. The van der Waals surface area contributed by atoms with Crippen molar-refractivity contribution in [3.05, 3.63) is 64.7 Å². The smallest absolute Gasteiger partial charge is 0.253 e. The van der Waals surface area contributed by atoms with E-state index in [9.17, 15) is 13.2 Å². The molecule has 0 spiro atoms. The van der Waals surface area contributed by atoms with E-state index in [1.165, 1.54) is 11.4 Å². The molecule has 2 aromatic carbocycles. The van der Waals surface area contributed by atoms with Gasteiger partial charge in [-0.1, -0.05) is 23.7 Å². The molecular weight excluding hydrogens is 360 g/mol. The van der Waals surface area contributed by atoms with E-state index in [4.69, 9.17) is 11.6 Å². The summed E-state index contributed by atoms with van der Waals surface area (Å²) >= 11 is 5.86. The molecule has 2 rings (SSSR count). The minimum Gasteiger partial charge on any atom is -0.337 e. The first kappa shape index (κ1) is 19.3. The van der Waals surface area contributed by atoms with E-state index in [-0.39, 0.29) is 11.7 Å². The quantitative estimate of drug-likeness (QED) is 0.771. The van der Waals surface area contributed by atoms with Crippen LogP contribution in [-0.2, 0) is 16.6 Å². The van der Waals surface area contributed by atoms with Gasteiger partial charge in [0.2, 0.25) is 10.0 Å². The van der Waals surface area contributed by atoms with Crippen LogP contribution in [0.1, 0.15) is 22.8 Å². The van der Waals surface area contributed by atoms with Gasteiger partial charge < -0.3 is 4.90 Å². The Morgan fingerprint density at radius 1 is 1.00 bits per heavy atom. The first-order chi connectivity index (χ1) is 11.7. The first-order valence-corrected chi connectivity index (χ1v) is 9.80. The molecule has 0 saturated heterocycles. The minimum atomic E-state index is -3.32. The Bertz CT molecular complexity index is 834. The van der Waals surface area contributed by atoms with Crippen LogP contribution in [0.4, 0.5) is 5.69 Å². The molecule has 134 valence electrons. The average molecular weight is 381 g/mol. The topological polar surface area (TPSA) is 57.7 Å². The minimum absolute atomic E-state index is 0.0218. The van der Waals surface area contributed by atoms with Crippen LogP contribution in [0, 0.1) is 0 Å². The third-order valence-corrected chi connectivity index (χ3v) is 5.97. The highest BCUT2D eigenvalue weighted by Crippen LogP contribution is 2.19. The Labute approximate surface area is 153 Å². The molecule has 5 nitrogen and oxygen atoms in total. The SMILES string of the molecule is CCS(=O)(=O)N(C)c1ccc(C(=O)N(C)Cc2ccc(Cl)cc2)cc1. The molecule has 2 aromatic rings. The molecule has 0 unspecified atom stereocenters. The van der Waals surface area contributed by atoms with Crippen molar-refractivity contribution in [2.45, 2.75) is 13.5 Å². The van der Waals surface area contributed by atoms with Crippen molar-refractivity contribution < 1.29 is 13.2 Å². The summed E-state index contributed by atoms with van der Waals surface area (Å²) in [6, 6.07) is 13.9. The number of hydrogen-bond acceptors (Lipinski definition) is 3. The van der Waals surface area contributed by atoms with E-state index >= 15 is 0 Å². The maximum Gasteiger partial charge on any atom is 0.253 e. The van der Waals surface area contributed by atoms with Crippen molar-refractivity contribution in [3.8, 4) is 0 Å². The number of benzene rings is 2. The summed E-state index contributed by atoms with van der Waals surface area (Å²) in [5.41, 5.74) is 2.01. The second-order valence-corrected chi connectivity index (χ2v) is 8.43. The van der Waals surface area contributed by atoms with E-state index in [1.807, 2.05) is 12.1 Å². The maximum atomic E-state index is 12.5. The molecular formula is C18H21ClN2O3S. The maximum absolute atomic E-state index is 12.5. The van der Waals surface area contributed by atoms with Gasteiger partial charge in [0, 0.05) is 31.2 Å². The summed E-state index contributed by atoms with van der Waals surface area (Å²) in [6.07, 6.45) is 0. The predicted octanol–water partition coefficient (Wildman–Crippen LogP) is 3.40. The Balaban J connectivity index is 2.10. The molecule has 25 heavy (non-hydrogen) atoms. The van der Waals surface area contributed by atoms with Crippen LogP contribution in [0.3, 0.4) is 0 Å². The molecule has 0 aliphatic heterocycles. The van der Waals surface area contributed by atoms with Crippen LogP contribution < -0.4 is 4.31 Å². The average Bonchev–Trinajstić information content (AvgIpc) is 2.62. The number of nitrogens with zero attached hydrogens (tertiary/aromatic N) is 2. The highest BCUT2D eigenvalue weighted by Gasteiger charge is 2.17. The van der Waals surface area contributed by atoms with Gasteiger partial charge in [0.1, 0.15) is 0 Å². The number of carbonyl (C=O) groups excluding carboxylic acids is 1. The van der Waals surface area contributed by atoms with Gasteiger partial charge in [0.15, 0.2) is 0 Å². The lowest BCUT2D eigenvalue weighted by Crippen LogP contribution is -2.28. The fourth-order valence-corrected chi connectivity index (χ4v) is 3.28. The molecule has 7 heteroatoms. The van der Waals surface area contributed by atoms with Crippen LogP contribution in [0.15, 0.2) is 48.5 Å². The summed E-state index contributed by atoms with van der Waals surface area (Å²) < 4.78 is 25.0. The highest BCUT2D eigenvalue weighted by molar-refractivity contribution is 7.92. The molecule has 1 amide bonds. The normalized spacial score (nSPS) is 11.2. The van der Waals surface area contributed by atoms with E-state index < -0.39 is 10.0 Å².